The number of hydrogen-bond donors (Lipinski definition) is 0. The second-order valence-corrected chi connectivity index (χ2v) is 6.64. The smallest absolute Gasteiger partial charge is 0.295 e. The van der Waals surface area contributed by atoms with Crippen molar-refractivity contribution >= 4 is 23.4 Å². The van der Waals surface area contributed by atoms with E-state index >= 15 is 0 Å². The van der Waals surface area contributed by atoms with Gasteiger partial charge in [-0.3, -0.25) is 9.69 Å². The Morgan fingerprint density at radius 2 is 1.71 bits per heavy atom. The van der Waals surface area contributed by atoms with E-state index in [2.05, 4.69) is 6.92 Å². The van der Waals surface area contributed by atoms with Gasteiger partial charge in [0.05, 0.1) is 11.3 Å². The summed E-state index contributed by atoms with van der Waals surface area (Å²) < 4.78 is 38.1. The van der Waals surface area contributed by atoms with Gasteiger partial charge in [0, 0.05) is 5.69 Å². The maximum absolute atomic E-state index is 12.7. The summed E-state index contributed by atoms with van der Waals surface area (Å²) in [6.07, 6.45) is -3.45. The number of hydrogen-bond acceptors (Lipinski definition) is 2. The van der Waals surface area contributed by atoms with Crippen molar-refractivity contribution in [2.24, 2.45) is 0 Å². The molecule has 126 valence electrons. The van der Waals surface area contributed by atoms with E-state index in [4.69, 9.17) is 0 Å². The Labute approximate surface area is 142 Å². The van der Waals surface area contributed by atoms with Crippen LogP contribution in [0.2, 0.25) is 0 Å². The quantitative estimate of drug-likeness (QED) is 0.771. The zero-order chi connectivity index (χ0) is 17.3. The summed E-state index contributed by atoms with van der Waals surface area (Å²) in [6.45, 7) is 2.07. The van der Waals surface area contributed by atoms with Crippen molar-refractivity contribution in [3.8, 4) is 0 Å². The molecule has 1 amide bonds. The molecule has 2 nitrogen and oxygen atoms in total. The summed E-state index contributed by atoms with van der Waals surface area (Å²) in [5.74, 6) is 0.227. The normalized spacial score (nSPS) is 18.2. The zero-order valence-electron chi connectivity index (χ0n) is 13.0. The van der Waals surface area contributed by atoms with Crippen LogP contribution in [0.5, 0.6) is 0 Å². The van der Waals surface area contributed by atoms with E-state index in [9.17, 15) is 18.0 Å². The van der Waals surface area contributed by atoms with Gasteiger partial charge < -0.3 is 0 Å². The van der Waals surface area contributed by atoms with E-state index < -0.39 is 11.7 Å². The predicted octanol–water partition coefficient (Wildman–Crippen LogP) is 5.05. The van der Waals surface area contributed by atoms with E-state index in [1.165, 1.54) is 29.5 Å². The molecule has 0 aliphatic carbocycles. The fourth-order valence-electron chi connectivity index (χ4n) is 2.68. The largest absolute Gasteiger partial charge is 0.416 e. The maximum Gasteiger partial charge on any atom is 0.416 e. The fraction of sp³-hybridized carbons (Fsp3) is 0.278. The second kappa shape index (κ2) is 6.51. The highest BCUT2D eigenvalue weighted by atomic mass is 32.2. The van der Waals surface area contributed by atoms with Crippen molar-refractivity contribution in [2.75, 3.05) is 10.7 Å². The summed E-state index contributed by atoms with van der Waals surface area (Å²) in [4.78, 5) is 13.8. The molecule has 2 aromatic carbocycles. The van der Waals surface area contributed by atoms with Crippen molar-refractivity contribution in [2.45, 2.75) is 24.9 Å². The summed E-state index contributed by atoms with van der Waals surface area (Å²) >= 11 is 1.48. The van der Waals surface area contributed by atoms with Gasteiger partial charge in [-0.25, -0.2) is 0 Å². The maximum atomic E-state index is 12.7. The number of nitrogens with zero attached hydrogens (tertiary/aromatic N) is 1. The minimum Gasteiger partial charge on any atom is -0.295 e. The van der Waals surface area contributed by atoms with E-state index in [0.29, 0.717) is 11.4 Å². The van der Waals surface area contributed by atoms with Gasteiger partial charge in [0.2, 0.25) is 5.91 Å². The molecule has 1 atom stereocenters. The lowest BCUT2D eigenvalue weighted by Gasteiger charge is -2.25. The van der Waals surface area contributed by atoms with E-state index in [-0.39, 0.29) is 11.3 Å². The molecule has 1 aliphatic rings. The molecule has 1 heterocycles. The van der Waals surface area contributed by atoms with Gasteiger partial charge in [0.15, 0.2) is 0 Å². The van der Waals surface area contributed by atoms with Crippen molar-refractivity contribution in [3.63, 3.8) is 0 Å². The zero-order valence-corrected chi connectivity index (χ0v) is 13.8. The molecular formula is C18H16F3NOS. The lowest BCUT2D eigenvalue weighted by molar-refractivity contribution is -0.137. The molecule has 0 bridgehead atoms. The lowest BCUT2D eigenvalue weighted by Crippen LogP contribution is -2.27. The number of halogens is 3. The average Bonchev–Trinajstić information content (AvgIpc) is 2.96. The number of thioether (sulfide) groups is 1. The fourth-order valence-corrected chi connectivity index (χ4v) is 3.86. The Balaban J connectivity index is 1.90. The van der Waals surface area contributed by atoms with Gasteiger partial charge in [-0.15, -0.1) is 11.8 Å². The molecule has 0 saturated carbocycles. The Morgan fingerprint density at radius 1 is 1.08 bits per heavy atom. The SMILES string of the molecule is CCc1ccc(C2SCC(=O)N2c2ccc(C(F)(F)F)cc2)cc1. The Kier molecular flexibility index (Phi) is 4.58. The van der Waals surface area contributed by atoms with Crippen molar-refractivity contribution in [3.05, 3.63) is 65.2 Å². The first kappa shape index (κ1) is 16.9. The monoisotopic (exact) mass is 351 g/mol. The molecular weight excluding hydrogens is 335 g/mol. The molecule has 0 spiro atoms. The van der Waals surface area contributed by atoms with Crippen molar-refractivity contribution in [1.82, 2.24) is 0 Å². The van der Waals surface area contributed by atoms with Crippen LogP contribution in [0, 0.1) is 0 Å². The first-order valence-corrected chi connectivity index (χ1v) is 8.65. The van der Waals surface area contributed by atoms with Crippen LogP contribution in [0.3, 0.4) is 0 Å². The number of carbonyl (C=O) groups excluding carboxylic acids is 1. The van der Waals surface area contributed by atoms with Gasteiger partial charge in [-0.2, -0.15) is 13.2 Å². The van der Waals surface area contributed by atoms with Crippen LogP contribution in [0.1, 0.15) is 29.0 Å². The third kappa shape index (κ3) is 3.29. The number of benzene rings is 2. The van der Waals surface area contributed by atoms with Gasteiger partial charge in [-0.05, 0) is 41.8 Å². The Hall–Kier alpha value is -1.95. The third-order valence-corrected chi connectivity index (χ3v) is 5.23. The highest BCUT2D eigenvalue weighted by Gasteiger charge is 2.35. The topological polar surface area (TPSA) is 20.3 Å². The van der Waals surface area contributed by atoms with E-state index in [1.54, 1.807) is 4.90 Å². The molecule has 0 aromatic heterocycles. The van der Waals surface area contributed by atoms with Gasteiger partial charge in [0.1, 0.15) is 5.37 Å². The molecule has 1 unspecified atom stereocenters. The Bertz CT molecular complexity index is 725. The van der Waals surface area contributed by atoms with Crippen LogP contribution in [0.25, 0.3) is 0 Å². The van der Waals surface area contributed by atoms with Crippen LogP contribution in [-0.2, 0) is 17.4 Å². The van der Waals surface area contributed by atoms with Crippen LogP contribution in [0.4, 0.5) is 18.9 Å². The standard InChI is InChI=1S/C18H16F3NOS/c1-2-12-3-5-13(6-4-12)17-22(16(23)11-24-17)15-9-7-14(8-10-15)18(19,20)21/h3-10,17H,2,11H2,1H3. The molecule has 1 fully saturated rings. The minimum atomic E-state index is -4.38. The summed E-state index contributed by atoms with van der Waals surface area (Å²) in [5, 5.41) is -0.208. The van der Waals surface area contributed by atoms with Gasteiger partial charge in [-0.1, -0.05) is 31.2 Å². The molecule has 3 rings (SSSR count). The van der Waals surface area contributed by atoms with Crippen LogP contribution >= 0.6 is 11.8 Å². The number of anilines is 1. The highest BCUT2D eigenvalue weighted by molar-refractivity contribution is 8.00. The minimum absolute atomic E-state index is 0.0932. The number of aryl methyl sites for hydroxylation is 1. The molecule has 2 aromatic rings. The lowest BCUT2D eigenvalue weighted by atomic mass is 10.1. The van der Waals surface area contributed by atoms with Crippen molar-refractivity contribution in [1.29, 1.82) is 0 Å². The van der Waals surface area contributed by atoms with Crippen molar-refractivity contribution < 1.29 is 18.0 Å². The number of amides is 1. The molecule has 24 heavy (non-hydrogen) atoms. The van der Waals surface area contributed by atoms with Crippen LogP contribution in [0.15, 0.2) is 48.5 Å². The Morgan fingerprint density at radius 3 is 2.25 bits per heavy atom. The first-order valence-electron chi connectivity index (χ1n) is 7.60. The third-order valence-electron chi connectivity index (χ3n) is 4.01. The number of carbonyl (C=O) groups is 1. The van der Waals surface area contributed by atoms with Crippen LogP contribution in [-0.4, -0.2) is 11.7 Å². The molecule has 1 aliphatic heterocycles. The van der Waals surface area contributed by atoms with Gasteiger partial charge in [0.25, 0.3) is 0 Å². The number of alkyl halides is 3. The van der Waals surface area contributed by atoms with E-state index in [0.717, 1.165) is 24.1 Å². The average molecular weight is 351 g/mol. The highest BCUT2D eigenvalue weighted by Crippen LogP contribution is 2.42. The summed E-state index contributed by atoms with van der Waals surface area (Å²) in [7, 11) is 0. The van der Waals surface area contributed by atoms with Gasteiger partial charge >= 0.3 is 6.18 Å². The molecule has 6 heteroatoms. The summed E-state index contributed by atoms with van der Waals surface area (Å²) in [6, 6.07) is 12.7. The molecule has 1 saturated heterocycles. The second-order valence-electron chi connectivity index (χ2n) is 5.57. The summed E-state index contributed by atoms with van der Waals surface area (Å²) in [5.41, 5.74) is 1.95. The molecule has 0 N–H and O–H groups in total. The number of rotatable bonds is 3. The predicted molar refractivity (Wildman–Crippen MR) is 89.9 cm³/mol. The molecule has 0 radical (unpaired) electrons. The first-order chi connectivity index (χ1) is 11.4. The van der Waals surface area contributed by atoms with Crippen LogP contribution < -0.4 is 4.90 Å². The van der Waals surface area contributed by atoms with E-state index in [1.807, 2.05) is 24.3 Å².